The molecule has 0 aliphatic heterocycles. The Morgan fingerprint density at radius 2 is 1.23 bits per heavy atom. The van der Waals surface area contributed by atoms with E-state index in [-0.39, 0.29) is 5.41 Å². The van der Waals surface area contributed by atoms with E-state index in [0.29, 0.717) is 13.0 Å². The summed E-state index contributed by atoms with van der Waals surface area (Å²) >= 11 is 0. The fraction of sp³-hybridized carbons (Fsp3) is 0.308. The molecule has 0 heterocycles. The minimum absolute atomic E-state index is 0.0340. The topological polar surface area (TPSA) is 38.7 Å². The van der Waals surface area contributed by atoms with E-state index in [9.17, 15) is 5.11 Å². The molecule has 0 radical (unpaired) electrons. The van der Waals surface area contributed by atoms with Gasteiger partial charge in [0.2, 0.25) is 9.04 Å². The molecule has 30 heavy (non-hydrogen) atoms. The summed E-state index contributed by atoms with van der Waals surface area (Å²) in [7, 11) is -2.04. The van der Waals surface area contributed by atoms with Gasteiger partial charge in [0.15, 0.2) is 6.29 Å². The minimum atomic E-state index is -2.04. The summed E-state index contributed by atoms with van der Waals surface area (Å²) in [6.45, 7) is 6.76. The van der Waals surface area contributed by atoms with Crippen LogP contribution < -0.4 is 10.4 Å². The molecule has 0 saturated carbocycles. The van der Waals surface area contributed by atoms with Crippen molar-refractivity contribution in [2.75, 3.05) is 0 Å². The molecule has 2 atom stereocenters. The molecule has 3 rings (SSSR count). The first kappa shape index (κ1) is 22.4. The van der Waals surface area contributed by atoms with Crippen LogP contribution in [0.2, 0.25) is 0 Å². The Balaban J connectivity index is 1.85. The number of aliphatic hydroxyl groups is 1. The van der Waals surface area contributed by atoms with Crippen molar-refractivity contribution >= 4 is 19.4 Å². The SMILES string of the molecule is CC(C)(C)CC(O)[C@@H](OCc1ccccc1)O[SiH](c1ccccc1)c1ccccc1. The molecule has 0 aromatic heterocycles. The summed E-state index contributed by atoms with van der Waals surface area (Å²) in [4.78, 5) is 0. The third-order valence-corrected chi connectivity index (χ3v) is 7.39. The maximum Gasteiger partial charge on any atom is 0.243 e. The highest BCUT2D eigenvalue weighted by molar-refractivity contribution is 6.80. The zero-order valence-corrected chi connectivity index (χ0v) is 19.2. The van der Waals surface area contributed by atoms with Gasteiger partial charge in [0.05, 0.1) is 6.61 Å². The zero-order chi connectivity index (χ0) is 21.4. The summed E-state index contributed by atoms with van der Waals surface area (Å²) in [6, 6.07) is 30.6. The first-order valence-electron chi connectivity index (χ1n) is 10.5. The van der Waals surface area contributed by atoms with E-state index in [1.165, 1.54) is 10.4 Å². The van der Waals surface area contributed by atoms with Crippen LogP contribution in [0.4, 0.5) is 0 Å². The average molecular weight is 421 g/mol. The average Bonchev–Trinajstić information content (AvgIpc) is 2.74. The van der Waals surface area contributed by atoms with Crippen molar-refractivity contribution in [1.82, 2.24) is 0 Å². The fourth-order valence-electron chi connectivity index (χ4n) is 3.46. The Labute approximate surface area is 182 Å². The molecule has 158 valence electrons. The molecule has 1 N–H and O–H groups in total. The van der Waals surface area contributed by atoms with Crippen LogP contribution >= 0.6 is 0 Å². The molecule has 3 aromatic carbocycles. The zero-order valence-electron chi connectivity index (χ0n) is 18.1. The van der Waals surface area contributed by atoms with E-state index in [1.807, 2.05) is 66.7 Å². The molecule has 3 nitrogen and oxygen atoms in total. The molecule has 0 spiro atoms. The number of benzene rings is 3. The van der Waals surface area contributed by atoms with Gasteiger partial charge in [0.1, 0.15) is 6.10 Å². The van der Waals surface area contributed by atoms with Crippen molar-refractivity contribution in [2.24, 2.45) is 5.41 Å². The van der Waals surface area contributed by atoms with Gasteiger partial charge >= 0.3 is 0 Å². The Hall–Kier alpha value is -2.24. The van der Waals surface area contributed by atoms with Crippen LogP contribution in [0.3, 0.4) is 0 Å². The van der Waals surface area contributed by atoms with Crippen molar-refractivity contribution in [3.8, 4) is 0 Å². The maximum atomic E-state index is 11.0. The largest absolute Gasteiger partial charge is 0.388 e. The van der Waals surface area contributed by atoms with Gasteiger partial charge in [-0.1, -0.05) is 112 Å². The lowest BCUT2D eigenvalue weighted by molar-refractivity contribution is -0.160. The lowest BCUT2D eigenvalue weighted by Crippen LogP contribution is -2.50. The Morgan fingerprint density at radius 1 is 0.767 bits per heavy atom. The third kappa shape index (κ3) is 6.92. The highest BCUT2D eigenvalue weighted by Gasteiger charge is 2.30. The van der Waals surface area contributed by atoms with Crippen molar-refractivity contribution in [1.29, 1.82) is 0 Å². The first-order valence-corrected chi connectivity index (χ1v) is 12.1. The van der Waals surface area contributed by atoms with Gasteiger partial charge in [-0.05, 0) is 27.8 Å². The van der Waals surface area contributed by atoms with Crippen LogP contribution in [-0.2, 0) is 15.8 Å². The molecule has 4 heteroatoms. The highest BCUT2D eigenvalue weighted by atomic mass is 28.3. The normalized spacial score (nSPS) is 13.9. The molecular formula is C26H32O3Si. The van der Waals surface area contributed by atoms with E-state index in [0.717, 1.165) is 5.56 Å². The second-order valence-corrected chi connectivity index (χ2v) is 11.2. The molecular weight excluding hydrogens is 388 g/mol. The number of ether oxygens (including phenoxy) is 1. The van der Waals surface area contributed by atoms with Crippen LogP contribution in [0.1, 0.15) is 32.8 Å². The molecule has 0 fully saturated rings. The molecule has 0 bridgehead atoms. The molecule has 0 saturated heterocycles. The standard InChI is InChI=1S/C26H32O3Si/c1-26(2,3)19-24(27)25(28-20-21-13-7-4-8-14-21)29-30(22-15-9-5-10-16-22)23-17-11-6-12-18-23/h4-18,24-25,27,30H,19-20H2,1-3H3/t24?,25-/m0/s1. The maximum absolute atomic E-state index is 11.0. The first-order chi connectivity index (χ1) is 14.4. The smallest absolute Gasteiger partial charge is 0.243 e. The lowest BCUT2D eigenvalue weighted by Gasteiger charge is -2.31. The van der Waals surface area contributed by atoms with Gasteiger partial charge < -0.3 is 14.3 Å². The predicted molar refractivity (Wildman–Crippen MR) is 125 cm³/mol. The van der Waals surface area contributed by atoms with Gasteiger partial charge in [0, 0.05) is 0 Å². The summed E-state index contributed by atoms with van der Waals surface area (Å²) in [5, 5.41) is 13.4. The minimum Gasteiger partial charge on any atom is -0.388 e. The highest BCUT2D eigenvalue weighted by Crippen LogP contribution is 2.24. The van der Waals surface area contributed by atoms with Crippen LogP contribution in [0.5, 0.6) is 0 Å². The monoisotopic (exact) mass is 420 g/mol. The predicted octanol–water partition coefficient (Wildman–Crippen LogP) is 3.88. The number of hydrogen-bond acceptors (Lipinski definition) is 3. The Morgan fingerprint density at radius 3 is 1.70 bits per heavy atom. The summed E-state index contributed by atoms with van der Waals surface area (Å²) in [5.41, 5.74) is 1.03. The van der Waals surface area contributed by atoms with Gasteiger partial charge in [-0.25, -0.2) is 0 Å². The van der Waals surface area contributed by atoms with Gasteiger partial charge in [0.25, 0.3) is 0 Å². The third-order valence-electron chi connectivity index (χ3n) is 4.87. The lowest BCUT2D eigenvalue weighted by atomic mass is 9.89. The summed E-state index contributed by atoms with van der Waals surface area (Å²) in [5.74, 6) is 0. The van der Waals surface area contributed by atoms with E-state index in [4.69, 9.17) is 9.16 Å². The second-order valence-electron chi connectivity index (χ2n) is 8.83. The Bertz CT molecular complexity index is 824. The summed E-state index contributed by atoms with van der Waals surface area (Å²) in [6.07, 6.45) is -0.811. The van der Waals surface area contributed by atoms with Crippen LogP contribution in [-0.4, -0.2) is 26.5 Å². The van der Waals surface area contributed by atoms with Crippen molar-refractivity contribution < 1.29 is 14.3 Å². The number of rotatable bonds is 9. The fourth-order valence-corrected chi connectivity index (χ4v) is 5.83. The quantitative estimate of drug-likeness (QED) is 0.422. The van der Waals surface area contributed by atoms with E-state index in [2.05, 4.69) is 45.0 Å². The van der Waals surface area contributed by atoms with Gasteiger partial charge in [-0.2, -0.15) is 0 Å². The molecule has 1 unspecified atom stereocenters. The molecule has 0 aliphatic carbocycles. The summed E-state index contributed by atoms with van der Waals surface area (Å²) < 4.78 is 12.8. The Kier molecular flexibility index (Phi) is 7.99. The van der Waals surface area contributed by atoms with Crippen LogP contribution in [0, 0.1) is 5.41 Å². The molecule has 0 amide bonds. The van der Waals surface area contributed by atoms with Crippen molar-refractivity contribution in [3.63, 3.8) is 0 Å². The number of aliphatic hydroxyl groups excluding tert-OH is 1. The van der Waals surface area contributed by atoms with E-state index >= 15 is 0 Å². The van der Waals surface area contributed by atoms with Crippen LogP contribution in [0.15, 0.2) is 91.0 Å². The van der Waals surface area contributed by atoms with E-state index in [1.54, 1.807) is 0 Å². The van der Waals surface area contributed by atoms with Gasteiger partial charge in [-0.3, -0.25) is 0 Å². The van der Waals surface area contributed by atoms with Crippen LogP contribution in [0.25, 0.3) is 0 Å². The second kappa shape index (κ2) is 10.7. The van der Waals surface area contributed by atoms with Crippen molar-refractivity contribution in [2.45, 2.75) is 46.2 Å². The van der Waals surface area contributed by atoms with E-state index < -0.39 is 21.4 Å². The molecule has 3 aromatic rings. The van der Waals surface area contributed by atoms with Crippen molar-refractivity contribution in [3.05, 3.63) is 96.6 Å². The van der Waals surface area contributed by atoms with Gasteiger partial charge in [-0.15, -0.1) is 0 Å². The molecule has 0 aliphatic rings. The number of hydrogen-bond donors (Lipinski definition) is 1.